The lowest BCUT2D eigenvalue weighted by Gasteiger charge is -2.06. The van der Waals surface area contributed by atoms with Crippen LogP contribution in [0.3, 0.4) is 0 Å². The van der Waals surface area contributed by atoms with E-state index in [1.165, 1.54) is 0 Å². The smallest absolute Gasteiger partial charge is 0.210 e. The van der Waals surface area contributed by atoms with Crippen molar-refractivity contribution in [3.05, 3.63) is 59.7 Å². The summed E-state index contributed by atoms with van der Waals surface area (Å²) in [4.78, 5) is 0.697. The van der Waals surface area contributed by atoms with E-state index in [1.807, 2.05) is 13.0 Å². The van der Waals surface area contributed by atoms with Crippen LogP contribution in [-0.2, 0) is 9.84 Å². The second-order valence-corrected chi connectivity index (χ2v) is 6.15. The third kappa shape index (κ3) is 4.55. The van der Waals surface area contributed by atoms with Crippen LogP contribution in [0.25, 0.3) is 0 Å². The van der Waals surface area contributed by atoms with Crippen molar-refractivity contribution in [2.45, 2.75) is 37.5 Å². The van der Waals surface area contributed by atoms with Gasteiger partial charge in [-0.3, -0.25) is 0 Å². The van der Waals surface area contributed by atoms with Gasteiger partial charge in [-0.25, -0.2) is 8.42 Å². The fourth-order valence-electron chi connectivity index (χ4n) is 1.65. The molecule has 0 fully saturated rings. The molecule has 2 nitrogen and oxygen atoms in total. The van der Waals surface area contributed by atoms with Gasteiger partial charge in [0, 0.05) is 0 Å². The lowest BCUT2D eigenvalue weighted by atomic mass is 10.2. The molecule has 3 heteroatoms. The summed E-state index contributed by atoms with van der Waals surface area (Å²) < 4.78 is 25.0. The molecule has 1 aromatic carbocycles. The fourth-order valence-corrected chi connectivity index (χ4v) is 3.10. The molecule has 0 unspecified atom stereocenters. The van der Waals surface area contributed by atoms with E-state index in [1.54, 1.807) is 36.4 Å². The summed E-state index contributed by atoms with van der Waals surface area (Å²) in [7, 11) is -3.41. The van der Waals surface area contributed by atoms with E-state index in [4.69, 9.17) is 0 Å². The molecular weight excluding hydrogens is 256 g/mol. The van der Waals surface area contributed by atoms with Gasteiger partial charge in [-0.15, -0.1) is 12.3 Å². The van der Waals surface area contributed by atoms with Crippen LogP contribution in [0.15, 0.2) is 64.6 Å². The number of allylic oxidation sites excluding steroid dienone is 2. The molecule has 0 aromatic heterocycles. The van der Waals surface area contributed by atoms with Crippen molar-refractivity contribution >= 4 is 9.84 Å². The number of unbranched alkanes of at least 4 members (excludes halogenated alkanes) is 1. The molecule has 0 spiro atoms. The SMILES string of the molecule is C=CCCCC(=C=CCC)S(=O)(=O)c1ccccc1. The number of hydrogen-bond donors (Lipinski definition) is 0. The van der Waals surface area contributed by atoms with Crippen molar-refractivity contribution in [1.82, 2.24) is 0 Å². The molecule has 0 N–H and O–H groups in total. The lowest BCUT2D eigenvalue weighted by Crippen LogP contribution is -2.04. The van der Waals surface area contributed by atoms with Gasteiger partial charge in [-0.05, 0) is 43.9 Å². The summed E-state index contributed by atoms with van der Waals surface area (Å²) in [6.07, 6.45) is 6.42. The van der Waals surface area contributed by atoms with Crippen LogP contribution in [-0.4, -0.2) is 8.42 Å². The maximum atomic E-state index is 12.5. The van der Waals surface area contributed by atoms with Crippen molar-refractivity contribution in [2.24, 2.45) is 0 Å². The van der Waals surface area contributed by atoms with Gasteiger partial charge in [0.05, 0.1) is 9.80 Å². The van der Waals surface area contributed by atoms with Crippen molar-refractivity contribution in [3.63, 3.8) is 0 Å². The number of rotatable bonds is 7. The molecule has 1 rings (SSSR count). The maximum absolute atomic E-state index is 12.5. The van der Waals surface area contributed by atoms with Crippen molar-refractivity contribution in [2.75, 3.05) is 0 Å². The standard InChI is InChI=1S/C16H20O2S/c1-3-5-8-12-15(11-6-4-2)19(17,18)16-13-9-7-10-14-16/h3,6-7,9-10,13-14H,1,4-5,8,12H2,2H3. The zero-order valence-electron chi connectivity index (χ0n) is 11.3. The van der Waals surface area contributed by atoms with Gasteiger partial charge >= 0.3 is 0 Å². The minimum Gasteiger partial charge on any atom is -0.218 e. The number of benzene rings is 1. The van der Waals surface area contributed by atoms with Gasteiger partial charge in [0.1, 0.15) is 0 Å². The summed E-state index contributed by atoms with van der Waals surface area (Å²) in [5.41, 5.74) is 2.94. The van der Waals surface area contributed by atoms with Gasteiger partial charge < -0.3 is 0 Å². The highest BCUT2D eigenvalue weighted by Gasteiger charge is 2.19. The Morgan fingerprint density at radius 1 is 1.32 bits per heavy atom. The summed E-state index contributed by atoms with van der Waals surface area (Å²) in [5.74, 6) is 0. The summed E-state index contributed by atoms with van der Waals surface area (Å²) >= 11 is 0. The third-order valence-electron chi connectivity index (χ3n) is 2.66. The van der Waals surface area contributed by atoms with E-state index in [0.29, 0.717) is 16.2 Å². The van der Waals surface area contributed by atoms with Gasteiger partial charge in [-0.2, -0.15) is 0 Å². The van der Waals surface area contributed by atoms with Crippen molar-refractivity contribution in [3.8, 4) is 0 Å². The molecule has 0 radical (unpaired) electrons. The Bertz CT molecular complexity index is 562. The Hall–Kier alpha value is -1.57. The molecular formula is C16H20O2S. The molecule has 0 saturated carbocycles. The fraction of sp³-hybridized carbons (Fsp3) is 0.312. The molecule has 0 aliphatic heterocycles. The minimum atomic E-state index is -3.41. The molecule has 1 aromatic rings. The first kappa shape index (κ1) is 15.5. The maximum Gasteiger partial charge on any atom is 0.210 e. The van der Waals surface area contributed by atoms with E-state index >= 15 is 0 Å². The summed E-state index contributed by atoms with van der Waals surface area (Å²) in [6.45, 7) is 5.61. The van der Waals surface area contributed by atoms with Crippen LogP contribution in [0.4, 0.5) is 0 Å². The Morgan fingerprint density at radius 3 is 2.58 bits per heavy atom. The molecule has 0 amide bonds. The number of sulfone groups is 1. The normalized spacial score (nSPS) is 10.6. The number of hydrogen-bond acceptors (Lipinski definition) is 2. The Balaban J connectivity index is 3.10. The molecule has 102 valence electrons. The van der Waals surface area contributed by atoms with E-state index in [0.717, 1.165) is 19.3 Å². The van der Waals surface area contributed by atoms with Crippen LogP contribution in [0.5, 0.6) is 0 Å². The van der Waals surface area contributed by atoms with Gasteiger partial charge in [0.15, 0.2) is 0 Å². The Labute approximate surface area is 116 Å². The third-order valence-corrected chi connectivity index (χ3v) is 4.52. The first-order valence-corrected chi connectivity index (χ1v) is 7.96. The van der Waals surface area contributed by atoms with Crippen LogP contribution >= 0.6 is 0 Å². The quantitative estimate of drug-likeness (QED) is 0.423. The van der Waals surface area contributed by atoms with Gasteiger partial charge in [0.2, 0.25) is 9.84 Å². The minimum absolute atomic E-state index is 0.334. The molecule has 0 aliphatic rings. The topological polar surface area (TPSA) is 34.1 Å². The van der Waals surface area contributed by atoms with E-state index in [2.05, 4.69) is 12.3 Å². The Morgan fingerprint density at radius 2 is 2.00 bits per heavy atom. The average Bonchev–Trinajstić information content (AvgIpc) is 2.43. The summed E-state index contributed by atoms with van der Waals surface area (Å²) in [6, 6.07) is 8.52. The molecule has 19 heavy (non-hydrogen) atoms. The highest BCUT2D eigenvalue weighted by atomic mass is 32.2. The zero-order chi connectivity index (χ0) is 14.1. The van der Waals surface area contributed by atoms with Crippen molar-refractivity contribution < 1.29 is 8.42 Å². The van der Waals surface area contributed by atoms with Crippen LogP contribution in [0.1, 0.15) is 32.6 Å². The lowest BCUT2D eigenvalue weighted by molar-refractivity contribution is 0.599. The van der Waals surface area contributed by atoms with Crippen LogP contribution in [0.2, 0.25) is 0 Å². The Kier molecular flexibility index (Phi) is 6.34. The molecule has 0 saturated heterocycles. The highest BCUT2D eigenvalue weighted by molar-refractivity contribution is 7.95. The predicted molar refractivity (Wildman–Crippen MR) is 79.6 cm³/mol. The van der Waals surface area contributed by atoms with E-state index in [9.17, 15) is 8.42 Å². The van der Waals surface area contributed by atoms with E-state index < -0.39 is 9.84 Å². The molecule has 0 aliphatic carbocycles. The predicted octanol–water partition coefficient (Wildman–Crippen LogP) is 4.27. The average molecular weight is 276 g/mol. The van der Waals surface area contributed by atoms with Crippen LogP contribution in [0, 0.1) is 0 Å². The van der Waals surface area contributed by atoms with Crippen LogP contribution < -0.4 is 0 Å². The second kappa shape index (κ2) is 7.78. The highest BCUT2D eigenvalue weighted by Crippen LogP contribution is 2.22. The molecule has 0 heterocycles. The second-order valence-electron chi connectivity index (χ2n) is 4.18. The molecule has 0 bridgehead atoms. The molecule has 0 atom stereocenters. The monoisotopic (exact) mass is 276 g/mol. The van der Waals surface area contributed by atoms with Gasteiger partial charge in [-0.1, -0.05) is 31.2 Å². The first-order chi connectivity index (χ1) is 9.12. The largest absolute Gasteiger partial charge is 0.218 e. The van der Waals surface area contributed by atoms with E-state index in [-0.39, 0.29) is 0 Å². The zero-order valence-corrected chi connectivity index (χ0v) is 12.1. The summed E-state index contributed by atoms with van der Waals surface area (Å²) in [5, 5.41) is 0. The van der Waals surface area contributed by atoms with Gasteiger partial charge in [0.25, 0.3) is 0 Å². The van der Waals surface area contributed by atoms with Crippen molar-refractivity contribution in [1.29, 1.82) is 0 Å². The first-order valence-electron chi connectivity index (χ1n) is 6.48.